The fraction of sp³-hybridized carbons (Fsp3) is 0. The molecule has 1 aliphatic heterocycles. The van der Waals surface area contributed by atoms with E-state index in [-0.39, 0.29) is 34.9 Å². The smallest absolute Gasteiger partial charge is 0.229 e. The van der Waals surface area contributed by atoms with E-state index in [1.165, 1.54) is 58.3 Å². The molecule has 126 valence electrons. The fourth-order valence-electron chi connectivity index (χ4n) is 2.62. The highest BCUT2D eigenvalue weighted by Gasteiger charge is 2.35. The van der Waals surface area contributed by atoms with Crippen LogP contribution in [0.1, 0.15) is 0 Å². The fourth-order valence-corrected chi connectivity index (χ4v) is 2.62. The van der Waals surface area contributed by atoms with Gasteiger partial charge in [-0.1, -0.05) is 0 Å². The maximum Gasteiger partial charge on any atom is 0.229 e. The van der Waals surface area contributed by atoms with Gasteiger partial charge in [-0.3, -0.25) is 9.80 Å². The number of hydrogen-bond donors (Lipinski definition) is 2. The number of halogens is 2. The van der Waals surface area contributed by atoms with Crippen molar-refractivity contribution in [2.75, 3.05) is 9.80 Å². The van der Waals surface area contributed by atoms with Gasteiger partial charge in [-0.15, -0.1) is 0 Å². The first kappa shape index (κ1) is 14.9. The van der Waals surface area contributed by atoms with Gasteiger partial charge in [-0.25, -0.2) is 13.4 Å². The van der Waals surface area contributed by atoms with Crippen LogP contribution < -0.4 is 21.3 Å². The van der Waals surface area contributed by atoms with E-state index in [1.54, 1.807) is 0 Å². The lowest BCUT2D eigenvalue weighted by molar-refractivity contribution is 0.309. The average Bonchev–Trinajstić information content (AvgIpc) is 3.07. The lowest BCUT2D eigenvalue weighted by Gasteiger charge is -2.34. The van der Waals surface area contributed by atoms with Crippen LogP contribution in [0.15, 0.2) is 64.8 Å². The zero-order valence-electron chi connectivity index (χ0n) is 12.7. The minimum absolute atomic E-state index is 0.152. The Kier molecular flexibility index (Phi) is 3.27. The highest BCUT2D eigenvalue weighted by Crippen LogP contribution is 2.42. The highest BCUT2D eigenvalue weighted by molar-refractivity contribution is 5.83. The Bertz CT molecular complexity index is 876. The summed E-state index contributed by atoms with van der Waals surface area (Å²) in [4.78, 5) is 3.00. The summed E-state index contributed by atoms with van der Waals surface area (Å²) < 4.78 is 31.3. The molecule has 0 fully saturated rings. The molecule has 9 heteroatoms. The third-order valence-electron chi connectivity index (χ3n) is 3.79. The number of hydrogen-bond acceptors (Lipinski definition) is 7. The van der Waals surface area contributed by atoms with Crippen LogP contribution in [0.5, 0.6) is 0 Å². The summed E-state index contributed by atoms with van der Waals surface area (Å²) in [6.07, 6.45) is 0. The molecule has 1 aromatic heterocycles. The van der Waals surface area contributed by atoms with Crippen LogP contribution in [0.3, 0.4) is 0 Å². The first-order valence-corrected chi connectivity index (χ1v) is 7.25. The molecule has 2 aromatic carbocycles. The van der Waals surface area contributed by atoms with Gasteiger partial charge >= 0.3 is 0 Å². The molecule has 0 aliphatic carbocycles. The predicted octanol–water partition coefficient (Wildman–Crippen LogP) is 2.68. The van der Waals surface area contributed by atoms with Gasteiger partial charge < -0.3 is 11.5 Å². The standard InChI is InChI=1S/C16H12F2N6O/c17-9-1-5-11(6-2-9)23-13(19)14(20)24(16-15(23)21-25-22-16)12-7-3-10(18)4-8-12/h1-8H,19-20H2. The first-order valence-electron chi connectivity index (χ1n) is 7.25. The highest BCUT2D eigenvalue weighted by atomic mass is 19.1. The SMILES string of the molecule is NC1=C(N)N(c2ccc(F)cc2)c2nonc2N1c1ccc(F)cc1. The molecule has 0 radical (unpaired) electrons. The molecule has 7 nitrogen and oxygen atoms in total. The summed E-state index contributed by atoms with van der Waals surface area (Å²) in [5, 5.41) is 7.75. The van der Waals surface area contributed by atoms with Crippen molar-refractivity contribution in [2.45, 2.75) is 0 Å². The van der Waals surface area contributed by atoms with Gasteiger partial charge in [-0.2, -0.15) is 0 Å². The van der Waals surface area contributed by atoms with Crippen molar-refractivity contribution in [1.29, 1.82) is 0 Å². The van der Waals surface area contributed by atoms with E-state index in [1.807, 2.05) is 0 Å². The van der Waals surface area contributed by atoms with Gasteiger partial charge in [0.1, 0.15) is 11.6 Å². The second-order valence-electron chi connectivity index (χ2n) is 5.31. The van der Waals surface area contributed by atoms with Crippen LogP contribution in [0, 0.1) is 11.6 Å². The molecule has 1 aliphatic rings. The first-order chi connectivity index (χ1) is 12.1. The molecule has 0 amide bonds. The Balaban J connectivity index is 1.87. The average molecular weight is 342 g/mol. The van der Waals surface area contributed by atoms with Gasteiger partial charge in [0.2, 0.25) is 11.6 Å². The molecule has 0 saturated carbocycles. The van der Waals surface area contributed by atoms with Crippen LogP contribution in [-0.4, -0.2) is 10.3 Å². The summed E-state index contributed by atoms with van der Waals surface area (Å²) >= 11 is 0. The van der Waals surface area contributed by atoms with Gasteiger partial charge in [0.25, 0.3) is 0 Å². The molecular formula is C16H12F2N6O. The van der Waals surface area contributed by atoms with Crippen molar-refractivity contribution in [3.8, 4) is 0 Å². The summed E-state index contributed by atoms with van der Waals surface area (Å²) in [6, 6.07) is 11.3. The Labute approximate surface area is 140 Å². The van der Waals surface area contributed by atoms with E-state index in [9.17, 15) is 8.78 Å². The van der Waals surface area contributed by atoms with Crippen molar-refractivity contribution in [3.63, 3.8) is 0 Å². The Morgan fingerprint density at radius 3 is 1.40 bits per heavy atom. The van der Waals surface area contributed by atoms with Crippen molar-refractivity contribution >= 4 is 23.0 Å². The largest absolute Gasteiger partial charge is 0.382 e. The van der Waals surface area contributed by atoms with Crippen LogP contribution in [0.25, 0.3) is 0 Å². The molecule has 2 heterocycles. The molecule has 0 bridgehead atoms. The molecule has 0 unspecified atom stereocenters. The van der Waals surface area contributed by atoms with E-state index >= 15 is 0 Å². The quantitative estimate of drug-likeness (QED) is 0.739. The second-order valence-corrected chi connectivity index (χ2v) is 5.31. The maximum absolute atomic E-state index is 13.2. The molecule has 4 rings (SSSR count). The summed E-state index contributed by atoms with van der Waals surface area (Å²) in [6.45, 7) is 0. The molecule has 4 N–H and O–H groups in total. The van der Waals surface area contributed by atoms with E-state index in [4.69, 9.17) is 16.1 Å². The number of nitrogens with two attached hydrogens (primary N) is 2. The summed E-state index contributed by atoms with van der Waals surface area (Å²) in [5.74, 6) is 0.0916. The number of anilines is 4. The third-order valence-corrected chi connectivity index (χ3v) is 3.79. The van der Waals surface area contributed by atoms with Crippen molar-refractivity contribution < 1.29 is 13.4 Å². The zero-order chi connectivity index (χ0) is 17.6. The third kappa shape index (κ3) is 2.33. The van der Waals surface area contributed by atoms with E-state index < -0.39 is 0 Å². The maximum atomic E-state index is 13.2. The van der Waals surface area contributed by atoms with Gasteiger partial charge in [0.15, 0.2) is 11.6 Å². The number of fused-ring (bicyclic) bond motifs is 1. The van der Waals surface area contributed by atoms with Crippen molar-refractivity contribution in [3.05, 3.63) is 71.8 Å². The van der Waals surface area contributed by atoms with Gasteiger partial charge in [0, 0.05) is 11.4 Å². The lowest BCUT2D eigenvalue weighted by atomic mass is 10.2. The van der Waals surface area contributed by atoms with Gasteiger partial charge in [-0.05, 0) is 58.8 Å². The van der Waals surface area contributed by atoms with E-state index in [0.29, 0.717) is 11.4 Å². The second kappa shape index (κ2) is 5.48. The van der Waals surface area contributed by atoms with E-state index in [0.717, 1.165) is 0 Å². The topological polar surface area (TPSA) is 97.4 Å². The number of benzene rings is 2. The predicted molar refractivity (Wildman–Crippen MR) is 86.8 cm³/mol. The molecular weight excluding hydrogens is 330 g/mol. The Morgan fingerprint density at radius 2 is 1.04 bits per heavy atom. The van der Waals surface area contributed by atoms with Crippen LogP contribution >= 0.6 is 0 Å². The Morgan fingerprint density at radius 1 is 0.680 bits per heavy atom. The summed E-state index contributed by atoms with van der Waals surface area (Å²) in [5.41, 5.74) is 13.5. The number of aromatic nitrogens is 2. The molecule has 0 spiro atoms. The summed E-state index contributed by atoms with van der Waals surface area (Å²) in [7, 11) is 0. The van der Waals surface area contributed by atoms with E-state index in [2.05, 4.69) is 10.3 Å². The van der Waals surface area contributed by atoms with Crippen LogP contribution in [0.2, 0.25) is 0 Å². The minimum Gasteiger partial charge on any atom is -0.382 e. The van der Waals surface area contributed by atoms with Crippen molar-refractivity contribution in [1.82, 2.24) is 10.3 Å². The lowest BCUT2D eigenvalue weighted by Crippen LogP contribution is -2.38. The van der Waals surface area contributed by atoms with Crippen LogP contribution in [-0.2, 0) is 0 Å². The van der Waals surface area contributed by atoms with Crippen molar-refractivity contribution in [2.24, 2.45) is 11.5 Å². The minimum atomic E-state index is -0.386. The monoisotopic (exact) mass is 342 g/mol. The molecule has 0 atom stereocenters. The molecule has 25 heavy (non-hydrogen) atoms. The molecule has 3 aromatic rings. The Hall–Kier alpha value is -3.62. The normalized spacial score (nSPS) is 14.0. The number of nitrogens with zero attached hydrogens (tertiary/aromatic N) is 4. The number of rotatable bonds is 2. The van der Waals surface area contributed by atoms with Gasteiger partial charge in [0.05, 0.1) is 0 Å². The van der Waals surface area contributed by atoms with Crippen LogP contribution in [0.4, 0.5) is 31.8 Å². The zero-order valence-corrected chi connectivity index (χ0v) is 12.7. The molecule has 0 saturated heterocycles.